The number of methoxy groups -OCH3 is 3. The number of anilines is 1. The van der Waals surface area contributed by atoms with Gasteiger partial charge in [0.2, 0.25) is 5.91 Å². The first-order valence-electron chi connectivity index (χ1n) is 5.52. The zero-order valence-corrected chi connectivity index (χ0v) is 11.4. The van der Waals surface area contributed by atoms with Crippen molar-refractivity contribution >= 4 is 11.6 Å². The fourth-order valence-electron chi connectivity index (χ4n) is 1.63. The molecule has 0 heterocycles. The summed E-state index contributed by atoms with van der Waals surface area (Å²) in [6.07, 6.45) is -0.213. The SMILES string of the molecule is COc1cc(OC)c(N(C)C(=O)CC#N)c(OC)c1. The molecule has 1 aromatic carbocycles. The Morgan fingerprint density at radius 2 is 1.74 bits per heavy atom. The molecule has 1 amide bonds. The molecule has 0 spiro atoms. The standard InChI is InChI=1S/C13H16N2O4/c1-15(12(16)5-6-14)13-10(18-3)7-9(17-2)8-11(13)19-4/h7-8H,5H2,1-4H3. The molecular formula is C13H16N2O4. The van der Waals surface area contributed by atoms with E-state index in [-0.39, 0.29) is 12.3 Å². The van der Waals surface area contributed by atoms with Crippen molar-refractivity contribution in [1.82, 2.24) is 0 Å². The van der Waals surface area contributed by atoms with Crippen LogP contribution < -0.4 is 19.1 Å². The Morgan fingerprint density at radius 1 is 1.21 bits per heavy atom. The Labute approximate surface area is 112 Å². The van der Waals surface area contributed by atoms with Crippen LogP contribution in [0.1, 0.15) is 6.42 Å². The van der Waals surface area contributed by atoms with Gasteiger partial charge < -0.3 is 19.1 Å². The van der Waals surface area contributed by atoms with Gasteiger partial charge >= 0.3 is 0 Å². The first kappa shape index (κ1) is 14.6. The largest absolute Gasteiger partial charge is 0.496 e. The van der Waals surface area contributed by atoms with Gasteiger partial charge in [0.05, 0.1) is 27.4 Å². The summed E-state index contributed by atoms with van der Waals surface area (Å²) in [5.41, 5.74) is 0.464. The maximum atomic E-state index is 11.8. The van der Waals surface area contributed by atoms with Crippen LogP contribution in [0.2, 0.25) is 0 Å². The summed E-state index contributed by atoms with van der Waals surface area (Å²) in [6.45, 7) is 0. The molecule has 6 heteroatoms. The second kappa shape index (κ2) is 6.50. The molecule has 0 aromatic heterocycles. The number of hydrogen-bond donors (Lipinski definition) is 0. The van der Waals surface area contributed by atoms with E-state index >= 15 is 0 Å². The molecule has 0 bridgehead atoms. The van der Waals surface area contributed by atoms with Crippen LogP contribution in [-0.2, 0) is 4.79 Å². The Bertz CT molecular complexity index is 483. The quantitative estimate of drug-likeness (QED) is 0.807. The van der Waals surface area contributed by atoms with E-state index in [4.69, 9.17) is 19.5 Å². The van der Waals surface area contributed by atoms with Gasteiger partial charge in [0.15, 0.2) is 0 Å². The predicted molar refractivity (Wildman–Crippen MR) is 69.7 cm³/mol. The lowest BCUT2D eigenvalue weighted by Crippen LogP contribution is -2.26. The van der Waals surface area contributed by atoms with Gasteiger partial charge in [-0.05, 0) is 0 Å². The van der Waals surface area contributed by atoms with Crippen LogP contribution in [0.3, 0.4) is 0 Å². The molecule has 0 N–H and O–H groups in total. The Hall–Kier alpha value is -2.42. The van der Waals surface area contributed by atoms with E-state index in [2.05, 4.69) is 0 Å². The van der Waals surface area contributed by atoms with Gasteiger partial charge in [-0.1, -0.05) is 0 Å². The molecule has 1 rings (SSSR count). The number of ether oxygens (including phenoxy) is 3. The lowest BCUT2D eigenvalue weighted by molar-refractivity contribution is -0.117. The van der Waals surface area contributed by atoms with Gasteiger partial charge in [0.25, 0.3) is 0 Å². The third kappa shape index (κ3) is 3.07. The number of benzene rings is 1. The van der Waals surface area contributed by atoms with E-state index in [1.807, 2.05) is 6.07 Å². The lowest BCUT2D eigenvalue weighted by atomic mass is 10.2. The smallest absolute Gasteiger partial charge is 0.241 e. The van der Waals surface area contributed by atoms with Crippen LogP contribution in [0.5, 0.6) is 17.2 Å². The molecule has 0 unspecified atom stereocenters. The van der Waals surface area contributed by atoms with Crippen LogP contribution in [0.4, 0.5) is 5.69 Å². The second-order valence-electron chi connectivity index (χ2n) is 3.67. The van der Waals surface area contributed by atoms with Crippen molar-refractivity contribution in [2.75, 3.05) is 33.3 Å². The van der Waals surface area contributed by atoms with Crippen molar-refractivity contribution in [2.24, 2.45) is 0 Å². The number of carbonyl (C=O) groups is 1. The molecule has 19 heavy (non-hydrogen) atoms. The third-order valence-corrected chi connectivity index (χ3v) is 2.63. The van der Waals surface area contributed by atoms with Crippen LogP contribution in [-0.4, -0.2) is 34.3 Å². The van der Waals surface area contributed by atoms with Crippen molar-refractivity contribution in [1.29, 1.82) is 5.26 Å². The summed E-state index contributed by atoms with van der Waals surface area (Å²) in [6, 6.07) is 5.11. The molecule has 0 aliphatic carbocycles. The minimum absolute atomic E-state index is 0.213. The molecule has 1 aromatic rings. The molecule has 0 fully saturated rings. The third-order valence-electron chi connectivity index (χ3n) is 2.63. The zero-order chi connectivity index (χ0) is 14.4. The number of nitrogens with zero attached hydrogens (tertiary/aromatic N) is 2. The summed E-state index contributed by atoms with van der Waals surface area (Å²) >= 11 is 0. The van der Waals surface area contributed by atoms with E-state index in [9.17, 15) is 4.79 Å². The van der Waals surface area contributed by atoms with E-state index < -0.39 is 0 Å². The number of carbonyl (C=O) groups excluding carboxylic acids is 1. The molecular weight excluding hydrogens is 248 g/mol. The molecule has 0 atom stereocenters. The van der Waals surface area contributed by atoms with Crippen molar-refractivity contribution in [3.63, 3.8) is 0 Å². The first-order chi connectivity index (χ1) is 9.08. The summed E-state index contributed by atoms with van der Waals surface area (Å²) in [5, 5.41) is 8.59. The maximum Gasteiger partial charge on any atom is 0.241 e. The van der Waals surface area contributed by atoms with E-state index in [0.29, 0.717) is 22.9 Å². The average molecular weight is 264 g/mol. The molecule has 0 radical (unpaired) electrons. The highest BCUT2D eigenvalue weighted by atomic mass is 16.5. The minimum atomic E-state index is -0.343. The second-order valence-corrected chi connectivity index (χ2v) is 3.67. The fourth-order valence-corrected chi connectivity index (χ4v) is 1.63. The number of nitriles is 1. The normalized spacial score (nSPS) is 9.42. The van der Waals surface area contributed by atoms with Crippen LogP contribution in [0.15, 0.2) is 12.1 Å². The monoisotopic (exact) mass is 264 g/mol. The van der Waals surface area contributed by atoms with Crippen molar-refractivity contribution in [3.05, 3.63) is 12.1 Å². The minimum Gasteiger partial charge on any atom is -0.496 e. The Morgan fingerprint density at radius 3 is 2.11 bits per heavy atom. The molecule has 0 aliphatic heterocycles. The van der Waals surface area contributed by atoms with Gasteiger partial charge in [-0.3, -0.25) is 4.79 Å². The molecule has 0 aliphatic rings. The van der Waals surface area contributed by atoms with Gasteiger partial charge in [-0.25, -0.2) is 0 Å². The number of rotatable bonds is 5. The predicted octanol–water partition coefficient (Wildman–Crippen LogP) is 1.59. The summed E-state index contributed by atoms with van der Waals surface area (Å²) < 4.78 is 15.6. The summed E-state index contributed by atoms with van der Waals surface area (Å²) in [5.74, 6) is 1.08. The van der Waals surface area contributed by atoms with Gasteiger partial charge in [-0.2, -0.15) is 5.26 Å². The number of amides is 1. The topological polar surface area (TPSA) is 71.8 Å². The first-order valence-corrected chi connectivity index (χ1v) is 5.52. The van der Waals surface area contributed by atoms with E-state index in [0.717, 1.165) is 0 Å². The van der Waals surface area contributed by atoms with E-state index in [1.165, 1.54) is 26.2 Å². The van der Waals surface area contributed by atoms with Crippen molar-refractivity contribution in [2.45, 2.75) is 6.42 Å². The fraction of sp³-hybridized carbons (Fsp3) is 0.385. The van der Waals surface area contributed by atoms with Gasteiger partial charge in [0, 0.05) is 19.2 Å². The van der Waals surface area contributed by atoms with Gasteiger partial charge in [-0.15, -0.1) is 0 Å². The Balaban J connectivity index is 3.32. The lowest BCUT2D eigenvalue weighted by Gasteiger charge is -2.22. The summed E-state index contributed by atoms with van der Waals surface area (Å²) in [7, 11) is 6.06. The van der Waals surface area contributed by atoms with Crippen molar-refractivity contribution in [3.8, 4) is 23.3 Å². The highest BCUT2D eigenvalue weighted by Crippen LogP contribution is 2.41. The summed E-state index contributed by atoms with van der Waals surface area (Å²) in [4.78, 5) is 13.1. The van der Waals surface area contributed by atoms with E-state index in [1.54, 1.807) is 19.2 Å². The maximum absolute atomic E-state index is 11.8. The molecule has 0 saturated heterocycles. The highest BCUT2D eigenvalue weighted by Gasteiger charge is 2.21. The van der Waals surface area contributed by atoms with Crippen molar-refractivity contribution < 1.29 is 19.0 Å². The van der Waals surface area contributed by atoms with Crippen LogP contribution in [0.25, 0.3) is 0 Å². The highest BCUT2D eigenvalue weighted by molar-refractivity contribution is 5.97. The molecule has 102 valence electrons. The van der Waals surface area contributed by atoms with Crippen LogP contribution in [0, 0.1) is 11.3 Å². The Kier molecular flexibility index (Phi) is 5.01. The zero-order valence-electron chi connectivity index (χ0n) is 11.4. The average Bonchev–Trinajstić information content (AvgIpc) is 2.44. The van der Waals surface area contributed by atoms with Gasteiger partial charge in [0.1, 0.15) is 29.4 Å². The molecule has 6 nitrogen and oxygen atoms in total. The number of hydrogen-bond acceptors (Lipinski definition) is 5. The van der Waals surface area contributed by atoms with Crippen LogP contribution >= 0.6 is 0 Å². The molecule has 0 saturated carbocycles.